The first-order chi connectivity index (χ1) is 22.2. The second kappa shape index (κ2) is 15.2. The maximum Gasteiger partial charge on any atom is 0.229 e. The van der Waals surface area contributed by atoms with Crippen LogP contribution >= 0.6 is 0 Å². The Bertz CT molecular complexity index is 1610. The Morgan fingerprint density at radius 2 is 1.11 bits per heavy atom. The van der Waals surface area contributed by atoms with Crippen molar-refractivity contribution in [2.24, 2.45) is 0 Å². The number of fused-ring (bicyclic) bond motifs is 1. The Hall–Kier alpha value is -4.24. The van der Waals surface area contributed by atoms with E-state index in [1.807, 2.05) is 97.1 Å². The zero-order valence-electron chi connectivity index (χ0n) is 25.2. The summed E-state index contributed by atoms with van der Waals surface area (Å²) in [6.45, 7) is 0.640. The minimum Gasteiger partial charge on any atom is -0.497 e. The molecule has 1 saturated heterocycles. The molecule has 45 heavy (non-hydrogen) atoms. The number of aliphatic hydroxyl groups is 1. The van der Waals surface area contributed by atoms with Gasteiger partial charge in [0, 0.05) is 0 Å². The van der Waals surface area contributed by atoms with E-state index < -0.39 is 30.7 Å². The van der Waals surface area contributed by atoms with Crippen LogP contribution in [0.4, 0.5) is 0 Å². The van der Waals surface area contributed by atoms with E-state index in [0.717, 1.165) is 27.5 Å². The van der Waals surface area contributed by atoms with Gasteiger partial charge in [-0.15, -0.1) is 0 Å². The fourth-order valence-corrected chi connectivity index (χ4v) is 5.53. The molecule has 0 aliphatic carbocycles. The lowest BCUT2D eigenvalue weighted by molar-refractivity contribution is -0.308. The molecule has 6 rings (SSSR count). The number of hydrogen-bond donors (Lipinski definition) is 1. The van der Waals surface area contributed by atoms with Crippen molar-refractivity contribution < 1.29 is 33.5 Å². The molecule has 0 aromatic heterocycles. The molecule has 0 spiro atoms. The predicted octanol–water partition coefficient (Wildman–Crippen LogP) is 6.70. The minimum absolute atomic E-state index is 0.290. The maximum absolute atomic E-state index is 10.6. The van der Waals surface area contributed by atoms with Crippen molar-refractivity contribution in [1.82, 2.24) is 0 Å². The number of aliphatic hydroxyl groups excluding tert-OH is 1. The lowest BCUT2D eigenvalue weighted by atomic mass is 9.97. The van der Waals surface area contributed by atoms with Crippen molar-refractivity contribution in [3.05, 3.63) is 144 Å². The lowest BCUT2D eigenvalue weighted by Crippen LogP contribution is -2.62. The molecule has 5 aromatic rings. The van der Waals surface area contributed by atoms with Gasteiger partial charge in [0.15, 0.2) is 0 Å². The van der Waals surface area contributed by atoms with Crippen LogP contribution in [0.2, 0.25) is 0 Å². The zero-order valence-corrected chi connectivity index (χ0v) is 25.2. The number of ether oxygens (including phenoxy) is 6. The van der Waals surface area contributed by atoms with Crippen LogP contribution in [0.5, 0.6) is 11.5 Å². The number of methoxy groups -OCH3 is 1. The standard InChI is InChI=1S/C38H38O7/c1-40-32-18-20-33(21-19-32)44-38-37(43-25-28-12-6-3-7-13-28)36(42-24-27-10-4-2-5-11-27)35(34(23-39)45-38)41-26-29-16-17-30-14-8-9-15-31(30)22-29/h2-22,34-39H,23-26H2,1H3/t34-,35-,36+,37-,38-/m1/s1. The van der Waals surface area contributed by atoms with Crippen molar-refractivity contribution in [2.75, 3.05) is 13.7 Å². The molecule has 1 heterocycles. The first-order valence-corrected chi connectivity index (χ1v) is 15.2. The fourth-order valence-electron chi connectivity index (χ4n) is 5.53. The molecule has 5 atom stereocenters. The average Bonchev–Trinajstić information content (AvgIpc) is 3.10. The van der Waals surface area contributed by atoms with Crippen molar-refractivity contribution in [3.8, 4) is 11.5 Å². The van der Waals surface area contributed by atoms with Crippen molar-refractivity contribution >= 4 is 10.8 Å². The van der Waals surface area contributed by atoms with E-state index in [4.69, 9.17) is 28.4 Å². The van der Waals surface area contributed by atoms with Gasteiger partial charge in [-0.2, -0.15) is 0 Å². The first-order valence-electron chi connectivity index (χ1n) is 15.2. The Labute approximate surface area is 263 Å². The molecule has 1 aliphatic heterocycles. The van der Waals surface area contributed by atoms with E-state index in [1.165, 1.54) is 0 Å². The third-order valence-electron chi connectivity index (χ3n) is 7.91. The van der Waals surface area contributed by atoms with Crippen LogP contribution in [0, 0.1) is 0 Å². The van der Waals surface area contributed by atoms with E-state index >= 15 is 0 Å². The summed E-state index contributed by atoms with van der Waals surface area (Å²) in [5.74, 6) is 1.28. The Balaban J connectivity index is 1.30. The Kier molecular flexibility index (Phi) is 10.4. The monoisotopic (exact) mass is 606 g/mol. The molecule has 0 saturated carbocycles. The molecule has 7 heteroatoms. The smallest absolute Gasteiger partial charge is 0.229 e. The van der Waals surface area contributed by atoms with E-state index in [-0.39, 0.29) is 6.61 Å². The van der Waals surface area contributed by atoms with E-state index in [0.29, 0.717) is 31.3 Å². The molecular formula is C38H38O7. The number of rotatable bonds is 13. The van der Waals surface area contributed by atoms with Gasteiger partial charge in [-0.3, -0.25) is 0 Å². The summed E-state index contributed by atoms with van der Waals surface area (Å²) in [4.78, 5) is 0. The highest BCUT2D eigenvalue weighted by Gasteiger charge is 2.49. The summed E-state index contributed by atoms with van der Waals surface area (Å²) < 4.78 is 37.9. The molecule has 0 unspecified atom stereocenters. The quantitative estimate of drug-likeness (QED) is 0.160. The van der Waals surface area contributed by atoms with Gasteiger partial charge < -0.3 is 33.5 Å². The Morgan fingerprint density at radius 1 is 0.556 bits per heavy atom. The van der Waals surface area contributed by atoms with Gasteiger partial charge in [0.05, 0.1) is 33.5 Å². The molecule has 0 amide bonds. The van der Waals surface area contributed by atoms with Gasteiger partial charge in [0.1, 0.15) is 35.9 Å². The third-order valence-corrected chi connectivity index (χ3v) is 7.91. The Morgan fingerprint density at radius 3 is 1.76 bits per heavy atom. The molecule has 1 N–H and O–H groups in total. The highest BCUT2D eigenvalue weighted by Crippen LogP contribution is 2.32. The van der Waals surface area contributed by atoms with Crippen LogP contribution in [0.25, 0.3) is 10.8 Å². The summed E-state index contributed by atoms with van der Waals surface area (Å²) in [6.07, 6.45) is -3.60. The molecule has 232 valence electrons. The molecule has 5 aromatic carbocycles. The maximum atomic E-state index is 10.6. The number of hydrogen-bond acceptors (Lipinski definition) is 7. The molecule has 0 radical (unpaired) electrons. The normalized spacial score (nSPS) is 21.4. The third kappa shape index (κ3) is 7.89. The van der Waals surface area contributed by atoms with Crippen LogP contribution in [0.3, 0.4) is 0 Å². The average molecular weight is 607 g/mol. The van der Waals surface area contributed by atoms with Gasteiger partial charge in [-0.05, 0) is 57.8 Å². The first kappa shape index (κ1) is 30.8. The lowest BCUT2D eigenvalue weighted by Gasteiger charge is -2.45. The molecule has 1 aliphatic rings. The van der Waals surface area contributed by atoms with Gasteiger partial charge in [0.25, 0.3) is 0 Å². The van der Waals surface area contributed by atoms with Gasteiger partial charge in [-0.25, -0.2) is 0 Å². The van der Waals surface area contributed by atoms with Gasteiger partial charge in [-0.1, -0.05) is 97.1 Å². The molecule has 1 fully saturated rings. The molecule has 0 bridgehead atoms. The SMILES string of the molecule is COc1ccc(O[C@@H]2O[C@H](CO)[C@@H](OCc3ccc4ccccc4c3)[C@H](OCc3ccccc3)[C@H]2OCc2ccccc2)cc1. The second-order valence-corrected chi connectivity index (χ2v) is 11.0. The largest absolute Gasteiger partial charge is 0.497 e. The molecule has 7 nitrogen and oxygen atoms in total. The highest BCUT2D eigenvalue weighted by atomic mass is 16.7. The van der Waals surface area contributed by atoms with Crippen LogP contribution in [-0.2, 0) is 38.8 Å². The minimum atomic E-state index is -0.888. The van der Waals surface area contributed by atoms with E-state index in [2.05, 4.69) is 30.3 Å². The summed E-state index contributed by atoms with van der Waals surface area (Å²) in [5.41, 5.74) is 3.01. The summed E-state index contributed by atoms with van der Waals surface area (Å²) >= 11 is 0. The van der Waals surface area contributed by atoms with Gasteiger partial charge >= 0.3 is 0 Å². The van der Waals surface area contributed by atoms with Crippen LogP contribution < -0.4 is 9.47 Å². The summed E-state index contributed by atoms with van der Waals surface area (Å²) in [7, 11) is 1.62. The van der Waals surface area contributed by atoms with Crippen LogP contribution in [0.1, 0.15) is 16.7 Å². The zero-order chi connectivity index (χ0) is 30.8. The van der Waals surface area contributed by atoms with Crippen LogP contribution in [0.15, 0.2) is 127 Å². The number of benzene rings is 5. The predicted molar refractivity (Wildman–Crippen MR) is 172 cm³/mol. The van der Waals surface area contributed by atoms with Crippen molar-refractivity contribution in [2.45, 2.75) is 50.5 Å². The highest BCUT2D eigenvalue weighted by molar-refractivity contribution is 5.82. The summed E-state index contributed by atoms with van der Waals surface area (Å²) in [6, 6.07) is 41.6. The second-order valence-electron chi connectivity index (χ2n) is 11.0. The van der Waals surface area contributed by atoms with E-state index in [1.54, 1.807) is 7.11 Å². The van der Waals surface area contributed by atoms with Crippen molar-refractivity contribution in [3.63, 3.8) is 0 Å². The van der Waals surface area contributed by atoms with E-state index in [9.17, 15) is 5.11 Å². The van der Waals surface area contributed by atoms with Crippen molar-refractivity contribution in [1.29, 1.82) is 0 Å². The van der Waals surface area contributed by atoms with Crippen LogP contribution in [-0.4, -0.2) is 49.5 Å². The summed E-state index contributed by atoms with van der Waals surface area (Å²) in [5, 5.41) is 12.9. The fraction of sp³-hybridized carbons (Fsp3) is 0.263. The molecular weight excluding hydrogens is 568 g/mol. The topological polar surface area (TPSA) is 75.6 Å². The van der Waals surface area contributed by atoms with Gasteiger partial charge in [0.2, 0.25) is 6.29 Å².